The van der Waals surface area contributed by atoms with E-state index in [9.17, 15) is 19.3 Å². The second-order valence-electron chi connectivity index (χ2n) is 4.10. The number of aromatic nitrogens is 1. The maximum Gasteiger partial charge on any atom is 0.305 e. The Morgan fingerprint density at radius 1 is 1.45 bits per heavy atom. The lowest BCUT2D eigenvalue weighted by molar-refractivity contribution is -0.387. The highest BCUT2D eigenvalue weighted by Crippen LogP contribution is 2.21. The van der Waals surface area contributed by atoms with E-state index in [2.05, 4.69) is 10.5 Å². The molecule has 1 N–H and O–H groups in total. The SMILES string of the molecule is Cc1noc(NC(=O)c2ccc(F)c([N+](=O)[O-])c2)c1C. The monoisotopic (exact) mass is 279 g/mol. The van der Waals surface area contributed by atoms with Crippen molar-refractivity contribution in [1.29, 1.82) is 0 Å². The van der Waals surface area contributed by atoms with Gasteiger partial charge in [-0.15, -0.1) is 0 Å². The maximum atomic E-state index is 13.2. The summed E-state index contributed by atoms with van der Waals surface area (Å²) in [5.74, 6) is -1.50. The molecule has 2 rings (SSSR count). The van der Waals surface area contributed by atoms with Crippen molar-refractivity contribution in [3.8, 4) is 0 Å². The summed E-state index contributed by atoms with van der Waals surface area (Å²) in [6, 6.07) is 2.88. The molecule has 0 bridgehead atoms. The molecule has 0 atom stereocenters. The fourth-order valence-electron chi connectivity index (χ4n) is 1.50. The first-order chi connectivity index (χ1) is 9.40. The Labute approximate surface area is 112 Å². The number of anilines is 1. The van der Waals surface area contributed by atoms with Gasteiger partial charge in [0, 0.05) is 17.2 Å². The van der Waals surface area contributed by atoms with Crippen LogP contribution < -0.4 is 5.32 Å². The highest BCUT2D eigenvalue weighted by atomic mass is 19.1. The van der Waals surface area contributed by atoms with Crippen LogP contribution in [-0.2, 0) is 0 Å². The Balaban J connectivity index is 2.28. The number of carbonyl (C=O) groups excluding carboxylic acids is 1. The number of nitro groups is 1. The van der Waals surface area contributed by atoms with Crippen molar-refractivity contribution in [2.45, 2.75) is 13.8 Å². The van der Waals surface area contributed by atoms with Gasteiger partial charge in [0.1, 0.15) is 0 Å². The van der Waals surface area contributed by atoms with Gasteiger partial charge in [-0.05, 0) is 26.0 Å². The van der Waals surface area contributed by atoms with Crippen molar-refractivity contribution in [2.75, 3.05) is 5.32 Å². The van der Waals surface area contributed by atoms with Gasteiger partial charge < -0.3 is 4.52 Å². The van der Waals surface area contributed by atoms with Gasteiger partial charge in [0.05, 0.1) is 10.6 Å². The molecule has 0 fully saturated rings. The van der Waals surface area contributed by atoms with Crippen molar-refractivity contribution in [1.82, 2.24) is 5.16 Å². The van der Waals surface area contributed by atoms with Crippen LogP contribution in [0.3, 0.4) is 0 Å². The first-order valence-corrected chi connectivity index (χ1v) is 5.58. The predicted octanol–water partition coefficient (Wildman–Crippen LogP) is 2.59. The maximum absolute atomic E-state index is 13.2. The van der Waals surface area contributed by atoms with E-state index in [0.29, 0.717) is 11.3 Å². The minimum absolute atomic E-state index is 0.0495. The standard InChI is InChI=1S/C12H10FN3O4/c1-6-7(2)15-20-12(6)14-11(17)8-3-4-9(13)10(5-8)16(18)19/h3-5H,1-2H3,(H,14,17). The van der Waals surface area contributed by atoms with Gasteiger partial charge in [0.2, 0.25) is 11.7 Å². The fourth-order valence-corrected chi connectivity index (χ4v) is 1.50. The van der Waals surface area contributed by atoms with Crippen molar-refractivity contribution >= 4 is 17.5 Å². The van der Waals surface area contributed by atoms with E-state index in [0.717, 1.165) is 18.2 Å². The van der Waals surface area contributed by atoms with Crippen LogP contribution in [0.1, 0.15) is 21.6 Å². The predicted molar refractivity (Wildman–Crippen MR) is 67.0 cm³/mol. The van der Waals surface area contributed by atoms with Gasteiger partial charge in [0.25, 0.3) is 5.91 Å². The number of halogens is 1. The molecule has 0 aliphatic rings. The number of carbonyl (C=O) groups is 1. The van der Waals surface area contributed by atoms with Crippen LogP contribution in [-0.4, -0.2) is 16.0 Å². The van der Waals surface area contributed by atoms with Crippen LogP contribution in [0.4, 0.5) is 16.0 Å². The normalized spacial score (nSPS) is 10.3. The second kappa shape index (κ2) is 5.08. The molecule has 8 heteroatoms. The van der Waals surface area contributed by atoms with Crippen molar-refractivity contribution < 1.29 is 18.6 Å². The quantitative estimate of drug-likeness (QED) is 0.687. The van der Waals surface area contributed by atoms with E-state index in [1.165, 1.54) is 0 Å². The van der Waals surface area contributed by atoms with Crippen LogP contribution in [0.15, 0.2) is 22.7 Å². The molecule has 0 radical (unpaired) electrons. The van der Waals surface area contributed by atoms with Crippen molar-refractivity contribution in [3.63, 3.8) is 0 Å². The van der Waals surface area contributed by atoms with Gasteiger partial charge in [-0.1, -0.05) is 5.16 Å². The molecule has 0 spiro atoms. The van der Waals surface area contributed by atoms with E-state index < -0.39 is 22.3 Å². The van der Waals surface area contributed by atoms with E-state index in [1.54, 1.807) is 13.8 Å². The number of aryl methyl sites for hydroxylation is 1. The molecule has 0 unspecified atom stereocenters. The average Bonchev–Trinajstić information content (AvgIpc) is 2.71. The Morgan fingerprint density at radius 2 is 2.15 bits per heavy atom. The minimum atomic E-state index is -1.00. The zero-order valence-corrected chi connectivity index (χ0v) is 10.6. The van der Waals surface area contributed by atoms with Gasteiger partial charge in [-0.25, -0.2) is 0 Å². The molecule has 20 heavy (non-hydrogen) atoms. The van der Waals surface area contributed by atoms with Crippen LogP contribution in [0.25, 0.3) is 0 Å². The van der Waals surface area contributed by atoms with Crippen molar-refractivity contribution in [2.24, 2.45) is 0 Å². The Hall–Kier alpha value is -2.77. The highest BCUT2D eigenvalue weighted by molar-refractivity contribution is 6.04. The lowest BCUT2D eigenvalue weighted by Gasteiger charge is -2.02. The highest BCUT2D eigenvalue weighted by Gasteiger charge is 2.19. The fraction of sp³-hybridized carbons (Fsp3) is 0.167. The molecule has 0 saturated carbocycles. The third-order valence-corrected chi connectivity index (χ3v) is 2.79. The summed E-state index contributed by atoms with van der Waals surface area (Å²) < 4.78 is 18.1. The van der Waals surface area contributed by atoms with Crippen LogP contribution in [0, 0.1) is 29.8 Å². The first-order valence-electron chi connectivity index (χ1n) is 5.58. The number of hydrogen-bond donors (Lipinski definition) is 1. The Bertz CT molecular complexity index is 696. The Morgan fingerprint density at radius 3 is 2.70 bits per heavy atom. The summed E-state index contributed by atoms with van der Waals surface area (Å²) in [5.41, 5.74) is 0.454. The first kappa shape index (κ1) is 13.7. The number of rotatable bonds is 3. The average molecular weight is 279 g/mol. The van der Waals surface area contributed by atoms with Gasteiger partial charge in [-0.3, -0.25) is 20.2 Å². The lowest BCUT2D eigenvalue weighted by atomic mass is 10.2. The number of amides is 1. The second-order valence-corrected chi connectivity index (χ2v) is 4.10. The third kappa shape index (κ3) is 2.48. The smallest absolute Gasteiger partial charge is 0.305 e. The molecule has 7 nitrogen and oxygen atoms in total. The van der Waals surface area contributed by atoms with Crippen LogP contribution in [0.5, 0.6) is 0 Å². The van der Waals surface area contributed by atoms with E-state index in [4.69, 9.17) is 4.52 Å². The van der Waals surface area contributed by atoms with Gasteiger partial charge in [-0.2, -0.15) is 4.39 Å². The van der Waals surface area contributed by atoms with Gasteiger partial charge in [0.15, 0.2) is 0 Å². The summed E-state index contributed by atoms with van der Waals surface area (Å²) >= 11 is 0. The summed E-state index contributed by atoms with van der Waals surface area (Å²) in [7, 11) is 0. The summed E-state index contributed by atoms with van der Waals surface area (Å²) in [5, 5.41) is 16.7. The van der Waals surface area contributed by atoms with Crippen LogP contribution >= 0.6 is 0 Å². The number of nitro benzene ring substituents is 1. The molecule has 1 aromatic heterocycles. The molecular weight excluding hydrogens is 269 g/mol. The van der Waals surface area contributed by atoms with E-state index in [-0.39, 0.29) is 11.4 Å². The summed E-state index contributed by atoms with van der Waals surface area (Å²) in [4.78, 5) is 21.6. The number of hydrogen-bond acceptors (Lipinski definition) is 5. The molecule has 0 aliphatic carbocycles. The van der Waals surface area contributed by atoms with E-state index >= 15 is 0 Å². The molecular formula is C12H10FN3O4. The largest absolute Gasteiger partial charge is 0.338 e. The topological polar surface area (TPSA) is 98.3 Å². The zero-order valence-electron chi connectivity index (χ0n) is 10.6. The van der Waals surface area contributed by atoms with Crippen molar-refractivity contribution in [3.05, 3.63) is 51.0 Å². The van der Waals surface area contributed by atoms with Gasteiger partial charge >= 0.3 is 5.69 Å². The molecule has 1 heterocycles. The lowest BCUT2D eigenvalue weighted by Crippen LogP contribution is -2.12. The minimum Gasteiger partial charge on any atom is -0.338 e. The third-order valence-electron chi connectivity index (χ3n) is 2.79. The number of benzene rings is 1. The molecule has 104 valence electrons. The van der Waals surface area contributed by atoms with Crippen LogP contribution in [0.2, 0.25) is 0 Å². The number of nitrogens with one attached hydrogen (secondary N) is 1. The molecule has 2 aromatic rings. The molecule has 0 aliphatic heterocycles. The Kier molecular flexibility index (Phi) is 3.47. The van der Waals surface area contributed by atoms with E-state index in [1.807, 2.05) is 0 Å². The zero-order chi connectivity index (χ0) is 14.9. The molecule has 1 aromatic carbocycles. The molecule has 1 amide bonds. The summed E-state index contributed by atoms with van der Waals surface area (Å²) in [6.45, 7) is 3.41. The number of nitrogens with zero attached hydrogens (tertiary/aromatic N) is 2. The molecule has 0 saturated heterocycles. The summed E-state index contributed by atoms with van der Waals surface area (Å²) in [6.07, 6.45) is 0.